The third-order valence-corrected chi connectivity index (χ3v) is 3.66. The second kappa shape index (κ2) is 8.15. The zero-order chi connectivity index (χ0) is 18.4. The molecule has 2 N–H and O–H groups in total. The number of amides is 1. The van der Waals surface area contributed by atoms with Crippen molar-refractivity contribution in [2.75, 3.05) is 17.2 Å². The quantitative estimate of drug-likeness (QED) is 0.709. The number of benzene rings is 2. The van der Waals surface area contributed by atoms with Gasteiger partial charge in [0.05, 0.1) is 18.1 Å². The molecule has 0 spiro atoms. The second-order valence-electron chi connectivity index (χ2n) is 5.49. The highest BCUT2D eigenvalue weighted by molar-refractivity contribution is 6.02. The maximum Gasteiger partial charge on any atom is 0.275 e. The van der Waals surface area contributed by atoms with Crippen molar-refractivity contribution >= 4 is 17.4 Å². The van der Waals surface area contributed by atoms with E-state index in [2.05, 4.69) is 20.6 Å². The molecule has 0 aliphatic rings. The second-order valence-corrected chi connectivity index (χ2v) is 5.49. The Hall–Kier alpha value is -3.35. The van der Waals surface area contributed by atoms with E-state index in [9.17, 15) is 13.6 Å². The van der Waals surface area contributed by atoms with Gasteiger partial charge in [0.1, 0.15) is 23.1 Å². The molecule has 0 fully saturated rings. The van der Waals surface area contributed by atoms with E-state index >= 15 is 0 Å². The number of nitrogens with one attached hydrogen (secondary N) is 2. The van der Waals surface area contributed by atoms with Gasteiger partial charge in [-0.05, 0) is 30.2 Å². The lowest BCUT2D eigenvalue weighted by molar-refractivity contribution is 0.102. The zero-order valence-electron chi connectivity index (χ0n) is 13.7. The molecule has 0 radical (unpaired) electrons. The molecular weight excluding hydrogens is 338 g/mol. The van der Waals surface area contributed by atoms with Gasteiger partial charge in [0.25, 0.3) is 5.91 Å². The molecule has 0 aliphatic heterocycles. The van der Waals surface area contributed by atoms with Gasteiger partial charge in [-0.25, -0.2) is 18.7 Å². The van der Waals surface area contributed by atoms with Crippen LogP contribution in [0.5, 0.6) is 0 Å². The molecule has 0 saturated carbocycles. The van der Waals surface area contributed by atoms with E-state index < -0.39 is 11.7 Å². The lowest BCUT2D eigenvalue weighted by Gasteiger charge is -2.08. The van der Waals surface area contributed by atoms with E-state index in [1.165, 1.54) is 36.7 Å². The van der Waals surface area contributed by atoms with Gasteiger partial charge in [0, 0.05) is 6.54 Å². The van der Waals surface area contributed by atoms with Crippen molar-refractivity contribution < 1.29 is 13.6 Å². The summed E-state index contributed by atoms with van der Waals surface area (Å²) in [5.41, 5.74) is 0.744. The van der Waals surface area contributed by atoms with Crippen LogP contribution in [0.4, 0.5) is 20.3 Å². The van der Waals surface area contributed by atoms with Gasteiger partial charge in [-0.3, -0.25) is 4.79 Å². The van der Waals surface area contributed by atoms with Crippen molar-refractivity contribution in [2.24, 2.45) is 0 Å². The first-order chi connectivity index (χ1) is 12.6. The molecule has 132 valence electrons. The minimum atomic E-state index is -0.555. The van der Waals surface area contributed by atoms with E-state index in [1.54, 1.807) is 24.3 Å². The topological polar surface area (TPSA) is 66.9 Å². The highest BCUT2D eigenvalue weighted by Gasteiger charge is 2.11. The van der Waals surface area contributed by atoms with Crippen molar-refractivity contribution in [1.82, 2.24) is 9.97 Å². The van der Waals surface area contributed by atoms with E-state index in [0.717, 1.165) is 0 Å². The lowest BCUT2D eigenvalue weighted by Crippen LogP contribution is -2.15. The first-order valence-electron chi connectivity index (χ1n) is 7.98. The molecule has 2 aromatic carbocycles. The van der Waals surface area contributed by atoms with Gasteiger partial charge < -0.3 is 10.6 Å². The predicted molar refractivity (Wildman–Crippen MR) is 95.0 cm³/mol. The molecule has 0 bridgehead atoms. The number of hydrogen-bond donors (Lipinski definition) is 2. The fraction of sp³-hybridized carbons (Fsp3) is 0.105. The van der Waals surface area contributed by atoms with Gasteiger partial charge in [0.15, 0.2) is 0 Å². The molecule has 1 aromatic heterocycles. The largest absolute Gasteiger partial charge is 0.368 e. The monoisotopic (exact) mass is 354 g/mol. The first-order valence-corrected chi connectivity index (χ1v) is 7.98. The zero-order valence-corrected chi connectivity index (χ0v) is 13.7. The Morgan fingerprint density at radius 1 is 0.923 bits per heavy atom. The van der Waals surface area contributed by atoms with Crippen LogP contribution in [0, 0.1) is 11.6 Å². The normalized spacial score (nSPS) is 10.4. The minimum Gasteiger partial charge on any atom is -0.368 e. The summed E-state index contributed by atoms with van der Waals surface area (Å²) < 4.78 is 27.1. The number of halogens is 2. The lowest BCUT2D eigenvalue weighted by atomic mass is 10.1. The van der Waals surface area contributed by atoms with E-state index in [-0.39, 0.29) is 17.2 Å². The van der Waals surface area contributed by atoms with E-state index in [1.807, 2.05) is 0 Å². The van der Waals surface area contributed by atoms with Crippen molar-refractivity contribution in [3.05, 3.63) is 83.8 Å². The van der Waals surface area contributed by atoms with Crippen LogP contribution in [0.2, 0.25) is 0 Å². The molecule has 5 nitrogen and oxygen atoms in total. The number of aromatic nitrogens is 2. The summed E-state index contributed by atoms with van der Waals surface area (Å²) in [5.74, 6) is -0.870. The number of hydrogen-bond acceptors (Lipinski definition) is 4. The van der Waals surface area contributed by atoms with Gasteiger partial charge in [-0.1, -0.05) is 30.3 Å². The number of nitrogens with zero attached hydrogens (tertiary/aromatic N) is 2. The Balaban J connectivity index is 1.55. The Bertz CT molecular complexity index is 900. The SMILES string of the molecule is O=C(Nc1ccccc1F)c1cnc(NCCc2ccccc2F)cn1. The summed E-state index contributed by atoms with van der Waals surface area (Å²) in [5, 5.41) is 5.45. The molecule has 0 unspecified atom stereocenters. The van der Waals surface area contributed by atoms with Crippen LogP contribution in [-0.4, -0.2) is 22.4 Å². The fourth-order valence-electron chi connectivity index (χ4n) is 2.31. The van der Waals surface area contributed by atoms with Crippen molar-refractivity contribution in [1.29, 1.82) is 0 Å². The van der Waals surface area contributed by atoms with Gasteiger partial charge in [-0.2, -0.15) is 0 Å². The van der Waals surface area contributed by atoms with Gasteiger partial charge >= 0.3 is 0 Å². The maximum absolute atomic E-state index is 13.6. The van der Waals surface area contributed by atoms with Crippen LogP contribution in [0.1, 0.15) is 16.1 Å². The standard InChI is InChI=1S/C19H16F2N4O/c20-14-6-2-1-5-13(14)9-10-22-18-12-23-17(11-24-18)19(26)25-16-8-4-3-7-15(16)21/h1-8,11-12H,9-10H2,(H,22,24)(H,25,26). The molecule has 3 aromatic rings. The number of anilines is 2. The summed E-state index contributed by atoms with van der Waals surface area (Å²) in [6.07, 6.45) is 3.18. The van der Waals surface area contributed by atoms with Crippen LogP contribution >= 0.6 is 0 Å². The van der Waals surface area contributed by atoms with Crippen molar-refractivity contribution in [2.45, 2.75) is 6.42 Å². The molecule has 1 amide bonds. The number of para-hydroxylation sites is 1. The highest BCUT2D eigenvalue weighted by atomic mass is 19.1. The van der Waals surface area contributed by atoms with Crippen molar-refractivity contribution in [3.63, 3.8) is 0 Å². The Morgan fingerprint density at radius 2 is 1.65 bits per heavy atom. The third-order valence-electron chi connectivity index (χ3n) is 3.66. The molecule has 0 saturated heterocycles. The summed E-state index contributed by atoms with van der Waals surface area (Å²) in [7, 11) is 0. The first kappa shape index (κ1) is 17.5. The van der Waals surface area contributed by atoms with Crippen LogP contribution in [0.25, 0.3) is 0 Å². The average molecular weight is 354 g/mol. The minimum absolute atomic E-state index is 0.0629. The molecule has 3 rings (SSSR count). The molecule has 7 heteroatoms. The molecule has 26 heavy (non-hydrogen) atoms. The summed E-state index contributed by atoms with van der Waals surface area (Å²) in [4.78, 5) is 20.2. The van der Waals surface area contributed by atoms with Crippen molar-refractivity contribution in [3.8, 4) is 0 Å². The molecule has 1 heterocycles. The average Bonchev–Trinajstić information content (AvgIpc) is 2.66. The maximum atomic E-state index is 13.6. The highest BCUT2D eigenvalue weighted by Crippen LogP contribution is 2.13. The van der Waals surface area contributed by atoms with Crippen LogP contribution in [0.15, 0.2) is 60.9 Å². The van der Waals surface area contributed by atoms with Crippen LogP contribution in [-0.2, 0) is 6.42 Å². The summed E-state index contributed by atoms with van der Waals surface area (Å²) in [6, 6.07) is 12.4. The number of carbonyl (C=O) groups is 1. The summed E-state index contributed by atoms with van der Waals surface area (Å²) >= 11 is 0. The fourth-order valence-corrected chi connectivity index (χ4v) is 2.31. The summed E-state index contributed by atoms with van der Waals surface area (Å²) in [6.45, 7) is 0.469. The van der Waals surface area contributed by atoms with Crippen LogP contribution < -0.4 is 10.6 Å². The Kier molecular flexibility index (Phi) is 5.48. The molecular formula is C19H16F2N4O. The van der Waals surface area contributed by atoms with Gasteiger partial charge in [-0.15, -0.1) is 0 Å². The van der Waals surface area contributed by atoms with E-state index in [0.29, 0.717) is 24.3 Å². The Morgan fingerprint density at radius 3 is 2.35 bits per heavy atom. The Labute approximate surface area is 149 Å². The smallest absolute Gasteiger partial charge is 0.275 e. The van der Waals surface area contributed by atoms with E-state index in [4.69, 9.17) is 0 Å². The third kappa shape index (κ3) is 4.38. The predicted octanol–water partition coefficient (Wildman–Crippen LogP) is 3.66. The number of rotatable bonds is 6. The number of carbonyl (C=O) groups excluding carboxylic acids is 1. The molecule has 0 aliphatic carbocycles. The molecule has 0 atom stereocenters. The van der Waals surface area contributed by atoms with Gasteiger partial charge in [0.2, 0.25) is 0 Å². The van der Waals surface area contributed by atoms with Crippen LogP contribution in [0.3, 0.4) is 0 Å².